The second-order valence-corrected chi connectivity index (χ2v) is 7.93. The predicted molar refractivity (Wildman–Crippen MR) is 96.9 cm³/mol. The largest absolute Gasteiger partial charge is 0.374 e. The van der Waals surface area contributed by atoms with Gasteiger partial charge in [-0.15, -0.1) is 0 Å². The van der Waals surface area contributed by atoms with Crippen LogP contribution in [0.15, 0.2) is 4.99 Å². The lowest BCUT2D eigenvalue weighted by atomic mass is 9.92. The molecular formula is C18H36N4O. The van der Waals surface area contributed by atoms with E-state index in [-0.39, 0.29) is 6.10 Å². The van der Waals surface area contributed by atoms with Crippen molar-refractivity contribution < 1.29 is 4.74 Å². The summed E-state index contributed by atoms with van der Waals surface area (Å²) in [5.74, 6) is 3.23. The molecule has 0 amide bonds. The first-order valence-electron chi connectivity index (χ1n) is 9.27. The minimum atomic E-state index is 0.263. The number of piperidine rings is 1. The van der Waals surface area contributed by atoms with Crippen LogP contribution in [-0.2, 0) is 4.74 Å². The third kappa shape index (κ3) is 5.96. The van der Waals surface area contributed by atoms with Crippen LogP contribution >= 0.6 is 0 Å². The van der Waals surface area contributed by atoms with Crippen molar-refractivity contribution in [3.8, 4) is 0 Å². The van der Waals surface area contributed by atoms with E-state index in [1.807, 2.05) is 7.05 Å². The van der Waals surface area contributed by atoms with Crippen LogP contribution in [0.3, 0.4) is 0 Å². The van der Waals surface area contributed by atoms with Crippen molar-refractivity contribution in [2.24, 2.45) is 22.7 Å². The van der Waals surface area contributed by atoms with Crippen LogP contribution in [-0.4, -0.2) is 74.8 Å². The molecule has 2 heterocycles. The summed E-state index contributed by atoms with van der Waals surface area (Å²) in [6.45, 7) is 16.4. The highest BCUT2D eigenvalue weighted by molar-refractivity contribution is 5.80. The van der Waals surface area contributed by atoms with Crippen molar-refractivity contribution in [1.29, 1.82) is 0 Å². The second-order valence-electron chi connectivity index (χ2n) is 7.93. The van der Waals surface area contributed by atoms with E-state index in [1.54, 1.807) is 0 Å². The maximum Gasteiger partial charge on any atom is 0.193 e. The average molecular weight is 325 g/mol. The van der Waals surface area contributed by atoms with Crippen LogP contribution < -0.4 is 5.32 Å². The van der Waals surface area contributed by atoms with E-state index in [9.17, 15) is 0 Å². The first-order chi connectivity index (χ1) is 11.0. The third-order valence-electron chi connectivity index (χ3n) is 4.71. The first kappa shape index (κ1) is 18.5. The molecule has 0 bridgehead atoms. The lowest BCUT2D eigenvalue weighted by Gasteiger charge is -2.38. The van der Waals surface area contributed by atoms with Gasteiger partial charge >= 0.3 is 0 Å². The molecule has 0 aromatic rings. The number of nitrogens with one attached hydrogen (secondary N) is 1. The maximum atomic E-state index is 5.94. The Morgan fingerprint density at radius 1 is 1.22 bits per heavy atom. The van der Waals surface area contributed by atoms with Gasteiger partial charge in [0.1, 0.15) is 0 Å². The van der Waals surface area contributed by atoms with Gasteiger partial charge in [0.2, 0.25) is 0 Å². The Labute approximate surface area is 142 Å². The van der Waals surface area contributed by atoms with Crippen molar-refractivity contribution in [2.75, 3.05) is 52.9 Å². The highest BCUT2D eigenvalue weighted by atomic mass is 16.5. The molecule has 134 valence electrons. The highest BCUT2D eigenvalue weighted by Crippen LogP contribution is 2.20. The van der Waals surface area contributed by atoms with E-state index in [1.165, 1.54) is 6.42 Å². The summed E-state index contributed by atoms with van der Waals surface area (Å²) in [5, 5.41) is 3.55. The van der Waals surface area contributed by atoms with Gasteiger partial charge in [-0.2, -0.15) is 0 Å². The van der Waals surface area contributed by atoms with Crippen molar-refractivity contribution in [2.45, 2.75) is 40.2 Å². The summed E-state index contributed by atoms with van der Waals surface area (Å²) >= 11 is 0. The smallest absolute Gasteiger partial charge is 0.193 e. The minimum absolute atomic E-state index is 0.263. The molecule has 0 aromatic carbocycles. The van der Waals surface area contributed by atoms with Crippen LogP contribution in [0.1, 0.15) is 34.1 Å². The third-order valence-corrected chi connectivity index (χ3v) is 4.71. The van der Waals surface area contributed by atoms with Crippen LogP contribution in [0.25, 0.3) is 0 Å². The fourth-order valence-corrected chi connectivity index (χ4v) is 3.96. The Morgan fingerprint density at radius 2 is 1.91 bits per heavy atom. The van der Waals surface area contributed by atoms with Crippen LogP contribution in [0.4, 0.5) is 0 Å². The Morgan fingerprint density at radius 3 is 2.52 bits per heavy atom. The van der Waals surface area contributed by atoms with E-state index >= 15 is 0 Å². The molecule has 23 heavy (non-hydrogen) atoms. The summed E-state index contributed by atoms with van der Waals surface area (Å²) < 4.78 is 5.94. The van der Waals surface area contributed by atoms with Gasteiger partial charge in [0, 0.05) is 46.3 Å². The first-order valence-corrected chi connectivity index (χ1v) is 9.27. The predicted octanol–water partition coefficient (Wildman–Crippen LogP) is 1.90. The van der Waals surface area contributed by atoms with E-state index < -0.39 is 0 Å². The SMILES string of the molecule is CN=C(NCC1CN(CC(C)C)CCO1)N1CC(C)CC(C)C1. The Kier molecular flexibility index (Phi) is 7.15. The molecule has 3 atom stereocenters. The summed E-state index contributed by atoms with van der Waals surface area (Å²) in [6, 6.07) is 0. The molecule has 5 heteroatoms. The quantitative estimate of drug-likeness (QED) is 0.633. The van der Waals surface area contributed by atoms with E-state index in [2.05, 4.69) is 47.8 Å². The van der Waals surface area contributed by atoms with Gasteiger partial charge in [-0.25, -0.2) is 0 Å². The zero-order valence-corrected chi connectivity index (χ0v) is 15.7. The fourth-order valence-electron chi connectivity index (χ4n) is 3.96. The van der Waals surface area contributed by atoms with Crippen molar-refractivity contribution in [1.82, 2.24) is 15.1 Å². The lowest BCUT2D eigenvalue weighted by molar-refractivity contribution is -0.0287. The molecule has 0 radical (unpaired) electrons. The van der Waals surface area contributed by atoms with Crippen LogP contribution in [0.5, 0.6) is 0 Å². The molecule has 5 nitrogen and oxygen atoms in total. The number of hydrogen-bond donors (Lipinski definition) is 1. The number of morpholine rings is 1. The van der Waals surface area contributed by atoms with Crippen molar-refractivity contribution in [3.63, 3.8) is 0 Å². The number of guanidine groups is 1. The average Bonchev–Trinajstić information content (AvgIpc) is 2.46. The topological polar surface area (TPSA) is 40.1 Å². The molecular weight excluding hydrogens is 288 g/mol. The molecule has 2 fully saturated rings. The van der Waals surface area contributed by atoms with Crippen LogP contribution in [0.2, 0.25) is 0 Å². The number of ether oxygens (including phenoxy) is 1. The van der Waals surface area contributed by atoms with Gasteiger partial charge in [-0.3, -0.25) is 9.89 Å². The lowest BCUT2D eigenvalue weighted by Crippen LogP contribution is -2.53. The zero-order valence-electron chi connectivity index (χ0n) is 15.7. The summed E-state index contributed by atoms with van der Waals surface area (Å²) in [5.41, 5.74) is 0. The summed E-state index contributed by atoms with van der Waals surface area (Å²) in [7, 11) is 1.89. The molecule has 2 rings (SSSR count). The van der Waals surface area contributed by atoms with Crippen LogP contribution in [0, 0.1) is 17.8 Å². The molecule has 3 unspecified atom stereocenters. The van der Waals surface area contributed by atoms with Crippen molar-refractivity contribution >= 4 is 5.96 Å². The van der Waals surface area contributed by atoms with Crippen molar-refractivity contribution in [3.05, 3.63) is 0 Å². The minimum Gasteiger partial charge on any atom is -0.374 e. The summed E-state index contributed by atoms with van der Waals surface area (Å²) in [4.78, 5) is 9.43. The normalized spacial score (nSPS) is 30.8. The van der Waals surface area contributed by atoms with Gasteiger partial charge in [-0.05, 0) is 24.2 Å². The van der Waals surface area contributed by atoms with E-state index in [0.29, 0.717) is 5.92 Å². The Hall–Kier alpha value is -0.810. The number of hydrogen-bond acceptors (Lipinski definition) is 3. The van der Waals surface area contributed by atoms with Gasteiger partial charge < -0.3 is 15.0 Å². The number of nitrogens with zero attached hydrogens (tertiary/aromatic N) is 3. The van der Waals surface area contributed by atoms with E-state index in [0.717, 1.165) is 63.7 Å². The fraction of sp³-hybridized carbons (Fsp3) is 0.944. The molecule has 0 aliphatic carbocycles. The number of likely N-dealkylation sites (tertiary alicyclic amines) is 1. The Bertz CT molecular complexity index is 375. The molecule has 0 aromatic heterocycles. The Balaban J connectivity index is 1.81. The molecule has 2 saturated heterocycles. The molecule has 2 aliphatic heterocycles. The van der Waals surface area contributed by atoms with E-state index in [4.69, 9.17) is 4.74 Å². The molecule has 0 saturated carbocycles. The number of rotatable bonds is 4. The highest BCUT2D eigenvalue weighted by Gasteiger charge is 2.25. The maximum absolute atomic E-state index is 5.94. The van der Waals surface area contributed by atoms with Gasteiger partial charge in [0.25, 0.3) is 0 Å². The van der Waals surface area contributed by atoms with Gasteiger partial charge in [0.05, 0.1) is 12.7 Å². The standard InChI is InChI=1S/C18H36N4O/c1-14(2)10-21-6-7-23-17(13-21)9-20-18(19-5)22-11-15(3)8-16(4)12-22/h14-17H,6-13H2,1-5H3,(H,19,20). The summed E-state index contributed by atoms with van der Waals surface area (Å²) in [6.07, 6.45) is 1.59. The number of aliphatic imine (C=N–C) groups is 1. The zero-order chi connectivity index (χ0) is 16.8. The van der Waals surface area contributed by atoms with Gasteiger partial charge in [-0.1, -0.05) is 27.7 Å². The molecule has 2 aliphatic rings. The molecule has 0 spiro atoms. The molecule has 1 N–H and O–H groups in total. The monoisotopic (exact) mass is 324 g/mol. The van der Waals surface area contributed by atoms with Gasteiger partial charge in [0.15, 0.2) is 5.96 Å². The second kappa shape index (κ2) is 8.88.